The summed E-state index contributed by atoms with van der Waals surface area (Å²) in [5, 5.41) is 0. The molecule has 6 heteroatoms. The first kappa shape index (κ1) is 8.05. The molecule has 0 amide bonds. The Kier molecular flexibility index (Phi) is 2.38. The van der Waals surface area contributed by atoms with Crippen LogP contribution in [0.4, 0.5) is 0 Å². The number of halogens is 5. The Labute approximate surface area is 56.8 Å². The zero-order chi connectivity index (χ0) is 5.45. The van der Waals surface area contributed by atoms with E-state index in [2.05, 4.69) is 0 Å². The molecule has 0 nitrogen and oxygen atoms in total. The van der Waals surface area contributed by atoms with Crippen LogP contribution in [-0.2, 0) is 0 Å². The molecule has 0 bridgehead atoms. The molecule has 6 heavy (non-hydrogen) atoms. The zero-order valence-corrected chi connectivity index (χ0v) is 6.67. The molecule has 0 spiro atoms. The number of hydrogen-bond donors (Lipinski definition) is 0. The fourth-order valence-corrected chi connectivity index (χ4v) is 0. The first-order chi connectivity index (χ1) is 2.24. The summed E-state index contributed by atoms with van der Waals surface area (Å²) in [5.74, 6) is 0. The van der Waals surface area contributed by atoms with Crippen molar-refractivity contribution in [3.63, 3.8) is 0 Å². The minimum atomic E-state index is -4.24. The molecular weight excluding hydrogens is 184 g/mol. The van der Waals surface area contributed by atoms with Crippen LogP contribution < -0.4 is 0 Å². The standard InChI is InChI=1S/5ClH.Li/h5*1H;/q;;;;;+5/p-5. The van der Waals surface area contributed by atoms with E-state index in [0.717, 1.165) is 0 Å². The van der Waals surface area contributed by atoms with Crippen molar-refractivity contribution in [2.75, 3.05) is 0 Å². The van der Waals surface area contributed by atoms with Crippen LogP contribution in [0.25, 0.3) is 0 Å². The third-order valence-corrected chi connectivity index (χ3v) is 0. The average molecular weight is 184 g/mol. The summed E-state index contributed by atoms with van der Waals surface area (Å²) in [6.07, 6.45) is 0. The Bertz CT molecular complexity index is 37.1. The van der Waals surface area contributed by atoms with Crippen LogP contribution in [-0.4, -0.2) is 8.28 Å². The molecule has 2 radical (unpaired) electrons. The second-order valence-corrected chi connectivity index (χ2v) is 12.9. The van der Waals surface area contributed by atoms with Gasteiger partial charge in [-0.05, 0) is 0 Å². The van der Waals surface area contributed by atoms with Crippen molar-refractivity contribution >= 4 is 57.3 Å². The molecule has 0 fully saturated rings. The summed E-state index contributed by atoms with van der Waals surface area (Å²) < 4.78 is 0. The predicted molar refractivity (Wildman–Crippen MR) is 35.0 cm³/mol. The second-order valence-electron chi connectivity index (χ2n) is 1.43. The van der Waals surface area contributed by atoms with Gasteiger partial charge in [-0.3, -0.25) is 0 Å². The van der Waals surface area contributed by atoms with Gasteiger partial charge in [-0.25, -0.2) is 0 Å². The fraction of sp³-hybridized carbons (Fsp3) is 0. The Hall–Kier alpha value is 2.05. The van der Waals surface area contributed by atoms with E-state index in [4.69, 9.17) is 49.0 Å². The summed E-state index contributed by atoms with van der Waals surface area (Å²) in [5.41, 5.74) is 0. The zero-order valence-electron chi connectivity index (χ0n) is 2.89. The molecule has 36 valence electrons. The van der Waals surface area contributed by atoms with E-state index in [0.29, 0.717) is 0 Å². The fourth-order valence-electron chi connectivity index (χ4n) is 0. The number of rotatable bonds is 0. The second kappa shape index (κ2) is 1.78. The van der Waals surface area contributed by atoms with E-state index >= 15 is 0 Å². The van der Waals surface area contributed by atoms with Crippen LogP contribution in [0.3, 0.4) is 0 Å². The molecular formula is Cl5Li. The Morgan fingerprint density at radius 2 is 0.667 bits per heavy atom. The maximum absolute atomic E-state index is 5.04. The van der Waals surface area contributed by atoms with Crippen molar-refractivity contribution in [1.82, 2.24) is 0 Å². The van der Waals surface area contributed by atoms with Crippen molar-refractivity contribution in [2.24, 2.45) is 0 Å². The topological polar surface area (TPSA) is 0 Å². The van der Waals surface area contributed by atoms with Crippen LogP contribution >= 0.6 is 49.0 Å². The average Bonchev–Trinajstić information content (AvgIpc) is 0.650. The first-order valence-electron chi connectivity index (χ1n) is 1.89. The van der Waals surface area contributed by atoms with Gasteiger partial charge in [-0.15, -0.1) is 0 Å². The van der Waals surface area contributed by atoms with Gasteiger partial charge in [0.1, 0.15) is 0 Å². The third-order valence-electron chi connectivity index (χ3n) is 0. The van der Waals surface area contributed by atoms with E-state index in [-0.39, 0.29) is 0 Å². The molecule has 0 aliphatic rings. The van der Waals surface area contributed by atoms with Crippen LogP contribution in [0.5, 0.6) is 0 Å². The normalized spacial score (nSPS) is 15.0. The van der Waals surface area contributed by atoms with Gasteiger partial charge in [-0.1, -0.05) is 0 Å². The van der Waals surface area contributed by atoms with Gasteiger partial charge in [0.25, 0.3) is 0 Å². The molecule has 0 saturated heterocycles. The van der Waals surface area contributed by atoms with Crippen molar-refractivity contribution < 1.29 is 0 Å². The quantitative estimate of drug-likeness (QED) is 0.507. The molecule has 0 aromatic carbocycles. The SMILES string of the molecule is [Cl][Li]([Cl])([Cl])([Cl])[Cl]. The van der Waals surface area contributed by atoms with Crippen LogP contribution in [0, 0.1) is 0 Å². The van der Waals surface area contributed by atoms with Crippen molar-refractivity contribution in [3.8, 4) is 0 Å². The Balaban J connectivity index is 3.73. The third kappa shape index (κ3) is 36.8. The molecule has 0 unspecified atom stereocenters. The van der Waals surface area contributed by atoms with E-state index in [1.807, 2.05) is 0 Å². The summed E-state index contributed by atoms with van der Waals surface area (Å²) in [6.45, 7) is 0. The van der Waals surface area contributed by atoms with Crippen LogP contribution in [0.2, 0.25) is 0 Å². The van der Waals surface area contributed by atoms with Gasteiger partial charge in [0.05, 0.1) is 0 Å². The number of hydrogen-bond acceptors (Lipinski definition) is 0. The van der Waals surface area contributed by atoms with E-state index in [1.54, 1.807) is 0 Å². The molecule has 0 aliphatic heterocycles. The molecule has 0 aromatic heterocycles. The molecule has 0 heterocycles. The predicted octanol–water partition coefficient (Wildman–Crippen LogP) is 3.07. The molecule has 0 atom stereocenters. The summed E-state index contributed by atoms with van der Waals surface area (Å²) in [6, 6.07) is 0. The van der Waals surface area contributed by atoms with E-state index in [1.165, 1.54) is 0 Å². The Morgan fingerprint density at radius 1 is 0.667 bits per heavy atom. The minimum absolute atomic E-state index is 4.24. The molecule has 0 aliphatic carbocycles. The van der Waals surface area contributed by atoms with Crippen LogP contribution in [0.1, 0.15) is 0 Å². The van der Waals surface area contributed by atoms with E-state index < -0.39 is 8.28 Å². The van der Waals surface area contributed by atoms with E-state index in [9.17, 15) is 0 Å². The maximum atomic E-state index is 5.04. The van der Waals surface area contributed by atoms with Crippen LogP contribution in [0.15, 0.2) is 0 Å². The van der Waals surface area contributed by atoms with Gasteiger partial charge in [-0.2, -0.15) is 0 Å². The Morgan fingerprint density at radius 3 is 0.667 bits per heavy atom. The van der Waals surface area contributed by atoms with Gasteiger partial charge >= 0.3 is 57.3 Å². The molecule has 0 saturated carbocycles. The molecule has 0 aromatic rings. The monoisotopic (exact) mass is 182 g/mol. The molecule has 0 N–H and O–H groups in total. The first-order valence-corrected chi connectivity index (χ1v) is 5.67. The van der Waals surface area contributed by atoms with Gasteiger partial charge < -0.3 is 0 Å². The summed E-state index contributed by atoms with van der Waals surface area (Å²) in [7, 11) is 21.0. The molecule has 0 rings (SSSR count). The van der Waals surface area contributed by atoms with Crippen molar-refractivity contribution in [2.45, 2.75) is 0 Å². The van der Waals surface area contributed by atoms with Gasteiger partial charge in [0.15, 0.2) is 0 Å². The van der Waals surface area contributed by atoms with Gasteiger partial charge in [0, 0.05) is 0 Å². The van der Waals surface area contributed by atoms with Gasteiger partial charge in [0.2, 0.25) is 0 Å². The van der Waals surface area contributed by atoms with Crippen molar-refractivity contribution in [1.29, 1.82) is 0 Å². The van der Waals surface area contributed by atoms with Crippen molar-refractivity contribution in [3.05, 3.63) is 0 Å². The summed E-state index contributed by atoms with van der Waals surface area (Å²) >= 11 is 0. The summed E-state index contributed by atoms with van der Waals surface area (Å²) in [4.78, 5) is 0.